The molecular formula is C16H22O3. The van der Waals surface area contributed by atoms with E-state index in [2.05, 4.69) is 0 Å². The van der Waals surface area contributed by atoms with Crippen molar-refractivity contribution in [1.29, 1.82) is 0 Å². The highest BCUT2D eigenvalue weighted by Crippen LogP contribution is 2.14. The van der Waals surface area contributed by atoms with E-state index in [1.165, 1.54) is 0 Å². The highest BCUT2D eigenvalue weighted by Gasteiger charge is 2.12. The van der Waals surface area contributed by atoms with E-state index in [1.54, 1.807) is 0 Å². The summed E-state index contributed by atoms with van der Waals surface area (Å²) >= 11 is 0. The molecule has 104 valence electrons. The molecule has 0 saturated carbocycles. The zero-order valence-electron chi connectivity index (χ0n) is 12.0. The van der Waals surface area contributed by atoms with Crippen LogP contribution in [0.1, 0.15) is 54.1 Å². The fraction of sp³-hybridized carbons (Fsp3) is 0.500. The minimum Gasteiger partial charge on any atom is -0.466 e. The van der Waals surface area contributed by atoms with E-state index >= 15 is 0 Å². The fourth-order valence-corrected chi connectivity index (χ4v) is 1.79. The van der Waals surface area contributed by atoms with Gasteiger partial charge in [0.1, 0.15) is 0 Å². The molecule has 0 heterocycles. The van der Waals surface area contributed by atoms with Crippen molar-refractivity contribution in [3.05, 3.63) is 34.9 Å². The van der Waals surface area contributed by atoms with Crippen LogP contribution in [-0.2, 0) is 9.53 Å². The first-order valence-electron chi connectivity index (χ1n) is 6.80. The minimum atomic E-state index is -0.285. The summed E-state index contributed by atoms with van der Waals surface area (Å²) in [5, 5.41) is 0. The third-order valence-corrected chi connectivity index (χ3v) is 3.01. The van der Waals surface area contributed by atoms with Crippen LogP contribution in [0.15, 0.2) is 18.2 Å². The largest absolute Gasteiger partial charge is 0.466 e. The number of ether oxygens (including phenoxy) is 1. The Hall–Kier alpha value is -1.64. The van der Waals surface area contributed by atoms with Crippen LogP contribution in [0.5, 0.6) is 0 Å². The van der Waals surface area contributed by atoms with Crippen molar-refractivity contribution in [3.8, 4) is 0 Å². The lowest BCUT2D eigenvalue weighted by Gasteiger charge is -2.06. The van der Waals surface area contributed by atoms with Gasteiger partial charge in [0.25, 0.3) is 0 Å². The number of esters is 1. The Balaban J connectivity index is 2.47. The van der Waals surface area contributed by atoms with Crippen LogP contribution in [0.4, 0.5) is 0 Å². The van der Waals surface area contributed by atoms with Gasteiger partial charge in [-0.05, 0) is 31.9 Å². The van der Waals surface area contributed by atoms with Gasteiger partial charge in [0.05, 0.1) is 13.0 Å². The highest BCUT2D eigenvalue weighted by molar-refractivity contribution is 5.98. The third kappa shape index (κ3) is 5.25. The van der Waals surface area contributed by atoms with Gasteiger partial charge in [0.2, 0.25) is 0 Å². The average Bonchev–Trinajstić information content (AvgIpc) is 2.39. The number of hydrogen-bond donors (Lipinski definition) is 0. The Morgan fingerprint density at radius 2 is 1.89 bits per heavy atom. The molecule has 0 aliphatic carbocycles. The smallest absolute Gasteiger partial charge is 0.306 e. The van der Waals surface area contributed by atoms with Crippen molar-refractivity contribution in [2.45, 2.75) is 46.5 Å². The van der Waals surface area contributed by atoms with Crippen molar-refractivity contribution in [3.63, 3.8) is 0 Å². The Labute approximate surface area is 115 Å². The van der Waals surface area contributed by atoms with E-state index in [4.69, 9.17) is 4.74 Å². The summed E-state index contributed by atoms with van der Waals surface area (Å²) in [6, 6.07) is 5.79. The number of unbranched alkanes of at least 4 members (excludes halogenated alkanes) is 1. The zero-order valence-corrected chi connectivity index (χ0v) is 12.0. The van der Waals surface area contributed by atoms with Crippen molar-refractivity contribution >= 4 is 11.8 Å². The summed E-state index contributed by atoms with van der Waals surface area (Å²) in [6.45, 7) is 6.35. The second kappa shape index (κ2) is 7.72. The fourth-order valence-electron chi connectivity index (χ4n) is 1.79. The molecule has 1 aromatic carbocycles. The quantitative estimate of drug-likeness (QED) is 0.428. The number of Topliss-reactive ketones (excluding diaryl/α,β-unsaturated/α-hetero) is 1. The molecule has 0 aromatic heterocycles. The monoisotopic (exact) mass is 262 g/mol. The molecule has 0 bridgehead atoms. The van der Waals surface area contributed by atoms with Crippen LogP contribution in [0.2, 0.25) is 0 Å². The Kier molecular flexibility index (Phi) is 6.26. The van der Waals surface area contributed by atoms with Crippen molar-refractivity contribution in [2.24, 2.45) is 0 Å². The molecule has 0 fully saturated rings. The first-order chi connectivity index (χ1) is 9.04. The Morgan fingerprint density at radius 1 is 1.16 bits per heavy atom. The molecular weight excluding hydrogens is 240 g/mol. The third-order valence-electron chi connectivity index (χ3n) is 3.01. The van der Waals surface area contributed by atoms with Gasteiger partial charge in [0.15, 0.2) is 5.78 Å². The molecule has 0 amide bonds. The molecule has 3 nitrogen and oxygen atoms in total. The van der Waals surface area contributed by atoms with E-state index in [9.17, 15) is 9.59 Å². The van der Waals surface area contributed by atoms with Crippen LogP contribution in [-0.4, -0.2) is 18.4 Å². The molecule has 0 aliphatic heterocycles. The number of benzene rings is 1. The number of ketones is 1. The maximum absolute atomic E-state index is 12.0. The lowest BCUT2D eigenvalue weighted by atomic mass is 9.99. The summed E-state index contributed by atoms with van der Waals surface area (Å²) in [5.41, 5.74) is 2.72. The van der Waals surface area contributed by atoms with E-state index in [0.29, 0.717) is 12.2 Å². The van der Waals surface area contributed by atoms with E-state index < -0.39 is 0 Å². The van der Waals surface area contributed by atoms with Crippen molar-refractivity contribution < 1.29 is 14.3 Å². The van der Waals surface area contributed by atoms with Crippen LogP contribution < -0.4 is 0 Å². The second-order valence-corrected chi connectivity index (χ2v) is 4.82. The van der Waals surface area contributed by atoms with Gasteiger partial charge in [-0.2, -0.15) is 0 Å². The van der Waals surface area contributed by atoms with Crippen LogP contribution >= 0.6 is 0 Å². The first-order valence-corrected chi connectivity index (χ1v) is 6.80. The van der Waals surface area contributed by atoms with Crippen molar-refractivity contribution in [2.75, 3.05) is 6.61 Å². The van der Waals surface area contributed by atoms with E-state index in [0.717, 1.165) is 24.0 Å². The van der Waals surface area contributed by atoms with Gasteiger partial charge in [-0.25, -0.2) is 0 Å². The summed E-state index contributed by atoms with van der Waals surface area (Å²) in [7, 11) is 0. The van der Waals surface area contributed by atoms with Crippen LogP contribution in [0.3, 0.4) is 0 Å². The van der Waals surface area contributed by atoms with E-state index in [1.807, 2.05) is 39.0 Å². The second-order valence-electron chi connectivity index (χ2n) is 4.82. The normalized spacial score (nSPS) is 10.3. The van der Waals surface area contributed by atoms with Crippen LogP contribution in [0.25, 0.3) is 0 Å². The van der Waals surface area contributed by atoms with Gasteiger partial charge in [-0.1, -0.05) is 31.0 Å². The topological polar surface area (TPSA) is 43.4 Å². The molecule has 0 saturated heterocycles. The molecule has 1 rings (SSSR count). The minimum absolute atomic E-state index is 0.00800. The molecule has 0 unspecified atom stereocenters. The number of rotatable bonds is 7. The van der Waals surface area contributed by atoms with Gasteiger partial charge in [-0.3, -0.25) is 9.59 Å². The molecule has 0 N–H and O–H groups in total. The number of carbonyl (C=O) groups is 2. The summed E-state index contributed by atoms with van der Waals surface area (Å²) < 4.78 is 5.03. The molecule has 1 aromatic rings. The standard InChI is InChI=1S/C16H22O3/c1-4-5-10-19-16(18)9-8-15(17)14-11-12(2)6-7-13(14)3/h6-7,11H,4-5,8-10H2,1-3H3. The van der Waals surface area contributed by atoms with Crippen molar-refractivity contribution in [1.82, 2.24) is 0 Å². The summed E-state index contributed by atoms with van der Waals surface area (Å²) in [6.07, 6.45) is 2.25. The number of aryl methyl sites for hydroxylation is 2. The molecule has 0 spiro atoms. The van der Waals surface area contributed by atoms with Gasteiger partial charge < -0.3 is 4.74 Å². The average molecular weight is 262 g/mol. The highest BCUT2D eigenvalue weighted by atomic mass is 16.5. The Morgan fingerprint density at radius 3 is 2.58 bits per heavy atom. The molecule has 0 atom stereocenters. The van der Waals surface area contributed by atoms with Gasteiger partial charge in [0, 0.05) is 12.0 Å². The lowest BCUT2D eigenvalue weighted by molar-refractivity contribution is -0.143. The number of hydrogen-bond acceptors (Lipinski definition) is 3. The predicted molar refractivity (Wildman–Crippen MR) is 75.3 cm³/mol. The lowest BCUT2D eigenvalue weighted by Crippen LogP contribution is -2.10. The predicted octanol–water partition coefficient (Wildman–Crippen LogP) is 3.61. The molecule has 19 heavy (non-hydrogen) atoms. The maximum Gasteiger partial charge on any atom is 0.306 e. The first kappa shape index (κ1) is 15.4. The summed E-state index contributed by atoms with van der Waals surface area (Å²) in [5.74, 6) is -0.277. The zero-order chi connectivity index (χ0) is 14.3. The van der Waals surface area contributed by atoms with Crippen LogP contribution in [0, 0.1) is 13.8 Å². The summed E-state index contributed by atoms with van der Waals surface area (Å²) in [4.78, 5) is 23.5. The van der Waals surface area contributed by atoms with Gasteiger partial charge >= 0.3 is 5.97 Å². The van der Waals surface area contributed by atoms with E-state index in [-0.39, 0.29) is 24.6 Å². The van der Waals surface area contributed by atoms with Gasteiger partial charge in [-0.15, -0.1) is 0 Å². The molecule has 3 heteroatoms. The molecule has 0 radical (unpaired) electrons. The molecule has 0 aliphatic rings. The number of carbonyl (C=O) groups excluding carboxylic acids is 2. The Bertz CT molecular complexity index is 449. The maximum atomic E-state index is 12.0. The SMILES string of the molecule is CCCCOC(=O)CCC(=O)c1cc(C)ccc1C.